The molecule has 0 aromatic rings. The van der Waals surface area contributed by atoms with Gasteiger partial charge in [-0.25, -0.2) is 0 Å². The van der Waals surface area contributed by atoms with Gasteiger partial charge in [0.1, 0.15) is 0 Å². The summed E-state index contributed by atoms with van der Waals surface area (Å²) < 4.78 is 0. The Morgan fingerprint density at radius 2 is 0.963 bits per heavy atom. The number of rotatable bonds is 21. The van der Waals surface area contributed by atoms with E-state index in [1.54, 1.807) is 0 Å². The van der Waals surface area contributed by atoms with E-state index in [1.807, 2.05) is 0 Å². The summed E-state index contributed by atoms with van der Waals surface area (Å²) in [4.78, 5) is 21.7. The third-order valence-electron chi connectivity index (χ3n) is 5.46. The van der Waals surface area contributed by atoms with Gasteiger partial charge < -0.3 is 10.2 Å². The minimum atomic E-state index is -0.909. The lowest BCUT2D eigenvalue weighted by Gasteiger charge is -2.10. The predicted molar refractivity (Wildman–Crippen MR) is 112 cm³/mol. The van der Waals surface area contributed by atoms with Gasteiger partial charge >= 0.3 is 11.9 Å². The van der Waals surface area contributed by atoms with Crippen LogP contribution >= 0.6 is 0 Å². The Hall–Kier alpha value is -1.06. The fourth-order valence-corrected chi connectivity index (χ4v) is 3.63. The second-order valence-corrected chi connectivity index (χ2v) is 8.06. The van der Waals surface area contributed by atoms with Crippen LogP contribution in [0.3, 0.4) is 0 Å². The van der Waals surface area contributed by atoms with E-state index in [0.717, 1.165) is 12.8 Å². The van der Waals surface area contributed by atoms with Gasteiger partial charge in [0.15, 0.2) is 0 Å². The molecule has 0 spiro atoms. The molecule has 4 heteroatoms. The molecule has 0 aliphatic heterocycles. The second-order valence-electron chi connectivity index (χ2n) is 8.06. The van der Waals surface area contributed by atoms with Crippen LogP contribution in [0.25, 0.3) is 0 Å². The molecular weight excluding hydrogens is 340 g/mol. The van der Waals surface area contributed by atoms with Gasteiger partial charge in [0.2, 0.25) is 0 Å². The van der Waals surface area contributed by atoms with Crippen LogP contribution in [0, 0.1) is 5.92 Å². The van der Waals surface area contributed by atoms with Crippen molar-refractivity contribution in [2.45, 2.75) is 129 Å². The fraction of sp³-hybridized carbons (Fsp3) is 0.913. The molecule has 2 N–H and O–H groups in total. The molecule has 1 atom stereocenters. The molecule has 0 saturated heterocycles. The van der Waals surface area contributed by atoms with Gasteiger partial charge in [0.25, 0.3) is 0 Å². The maximum Gasteiger partial charge on any atom is 0.306 e. The lowest BCUT2D eigenvalue weighted by Crippen LogP contribution is -2.15. The van der Waals surface area contributed by atoms with E-state index in [0.29, 0.717) is 6.42 Å². The molecule has 0 aromatic heterocycles. The Bertz CT molecular complexity index is 354. The zero-order valence-electron chi connectivity index (χ0n) is 17.7. The van der Waals surface area contributed by atoms with Crippen LogP contribution in [-0.4, -0.2) is 22.2 Å². The molecule has 0 bridgehead atoms. The van der Waals surface area contributed by atoms with Gasteiger partial charge in [-0.15, -0.1) is 0 Å². The van der Waals surface area contributed by atoms with E-state index in [-0.39, 0.29) is 12.8 Å². The van der Waals surface area contributed by atoms with Crippen molar-refractivity contribution in [3.8, 4) is 0 Å². The monoisotopic (exact) mass is 384 g/mol. The summed E-state index contributed by atoms with van der Waals surface area (Å²) in [6, 6.07) is 0. The van der Waals surface area contributed by atoms with E-state index in [4.69, 9.17) is 10.2 Å². The first-order valence-corrected chi connectivity index (χ1v) is 11.5. The molecular formula is C23H44O4. The maximum atomic E-state index is 11.1. The summed E-state index contributed by atoms with van der Waals surface area (Å²) in [6.07, 6.45) is 21.7. The molecule has 0 aliphatic rings. The normalized spacial score (nSPS) is 12.2. The highest BCUT2D eigenvalue weighted by atomic mass is 16.4. The molecule has 0 aromatic carbocycles. The molecule has 0 amide bonds. The van der Waals surface area contributed by atoms with Crippen molar-refractivity contribution in [1.29, 1.82) is 0 Å². The van der Waals surface area contributed by atoms with Crippen molar-refractivity contribution < 1.29 is 19.8 Å². The molecule has 0 saturated carbocycles. The average Bonchev–Trinajstić information content (AvgIpc) is 2.63. The van der Waals surface area contributed by atoms with E-state index >= 15 is 0 Å². The number of carboxylic acid groups (broad SMARTS) is 2. The Kier molecular flexibility index (Phi) is 18.9. The SMILES string of the molecule is CCCCCCCCCCCCCCCCCCC(CCC(=O)O)C(=O)O. The Labute approximate surface area is 167 Å². The highest BCUT2D eigenvalue weighted by Gasteiger charge is 2.17. The quantitative estimate of drug-likeness (QED) is 0.205. The lowest BCUT2D eigenvalue weighted by molar-refractivity contribution is -0.143. The van der Waals surface area contributed by atoms with Crippen molar-refractivity contribution >= 4 is 11.9 Å². The molecule has 0 fully saturated rings. The van der Waals surface area contributed by atoms with E-state index in [2.05, 4.69) is 6.92 Å². The van der Waals surface area contributed by atoms with Gasteiger partial charge in [0, 0.05) is 6.42 Å². The van der Waals surface area contributed by atoms with Gasteiger partial charge in [-0.1, -0.05) is 110 Å². The van der Waals surface area contributed by atoms with Crippen molar-refractivity contribution in [3.05, 3.63) is 0 Å². The summed E-state index contributed by atoms with van der Waals surface area (Å²) in [7, 11) is 0. The van der Waals surface area contributed by atoms with Crippen molar-refractivity contribution in [2.24, 2.45) is 5.92 Å². The van der Waals surface area contributed by atoms with Crippen LogP contribution in [0.15, 0.2) is 0 Å². The van der Waals surface area contributed by atoms with Crippen molar-refractivity contribution in [1.82, 2.24) is 0 Å². The van der Waals surface area contributed by atoms with E-state index in [1.165, 1.54) is 89.9 Å². The van der Waals surface area contributed by atoms with Crippen molar-refractivity contribution in [2.75, 3.05) is 0 Å². The molecule has 0 aliphatic carbocycles. The van der Waals surface area contributed by atoms with Crippen molar-refractivity contribution in [3.63, 3.8) is 0 Å². The average molecular weight is 385 g/mol. The summed E-state index contributed by atoms with van der Waals surface area (Å²) in [5.74, 6) is -2.25. The minimum absolute atomic E-state index is 0.0458. The number of hydrogen-bond donors (Lipinski definition) is 2. The Morgan fingerprint density at radius 1 is 0.593 bits per heavy atom. The molecule has 4 nitrogen and oxygen atoms in total. The third-order valence-corrected chi connectivity index (χ3v) is 5.46. The van der Waals surface area contributed by atoms with Crippen LogP contribution < -0.4 is 0 Å². The van der Waals surface area contributed by atoms with E-state index < -0.39 is 17.9 Å². The molecule has 0 radical (unpaired) electrons. The third kappa shape index (κ3) is 19.5. The number of aliphatic carboxylic acids is 2. The van der Waals surface area contributed by atoms with Gasteiger partial charge in [-0.05, 0) is 12.8 Å². The zero-order valence-corrected chi connectivity index (χ0v) is 17.7. The minimum Gasteiger partial charge on any atom is -0.481 e. The topological polar surface area (TPSA) is 74.6 Å². The summed E-state index contributed by atoms with van der Waals surface area (Å²) in [6.45, 7) is 2.26. The number of carboxylic acids is 2. The first kappa shape index (κ1) is 25.9. The molecule has 160 valence electrons. The number of unbranched alkanes of at least 4 members (excludes halogenated alkanes) is 15. The smallest absolute Gasteiger partial charge is 0.306 e. The van der Waals surface area contributed by atoms with Gasteiger partial charge in [0.05, 0.1) is 5.92 Å². The standard InChI is InChI=1S/C23H44O4/c1-2-3-4-5-6-7-8-9-10-11-12-13-14-15-16-17-18-21(23(26)27)19-20-22(24)25/h21H,2-20H2,1H3,(H,24,25)(H,26,27). The maximum absolute atomic E-state index is 11.1. The van der Waals surface area contributed by atoms with Crippen LogP contribution in [0.4, 0.5) is 0 Å². The summed E-state index contributed by atoms with van der Waals surface area (Å²) in [5, 5.41) is 17.8. The first-order valence-electron chi connectivity index (χ1n) is 11.5. The van der Waals surface area contributed by atoms with E-state index in [9.17, 15) is 9.59 Å². The second kappa shape index (κ2) is 19.7. The molecule has 0 rings (SSSR count). The van der Waals surface area contributed by atoms with Crippen LogP contribution in [0.1, 0.15) is 129 Å². The molecule has 27 heavy (non-hydrogen) atoms. The molecule has 0 heterocycles. The number of hydrogen-bond acceptors (Lipinski definition) is 2. The Morgan fingerprint density at radius 3 is 1.30 bits per heavy atom. The van der Waals surface area contributed by atoms with Crippen LogP contribution in [0.2, 0.25) is 0 Å². The Balaban J connectivity index is 3.30. The summed E-state index contributed by atoms with van der Waals surface area (Å²) in [5.41, 5.74) is 0. The first-order chi connectivity index (χ1) is 13.1. The predicted octanol–water partition coefficient (Wildman–Crippen LogP) is 7.20. The largest absolute Gasteiger partial charge is 0.481 e. The summed E-state index contributed by atoms with van der Waals surface area (Å²) >= 11 is 0. The number of carbonyl (C=O) groups is 2. The molecule has 1 unspecified atom stereocenters. The highest BCUT2D eigenvalue weighted by molar-refractivity contribution is 5.72. The lowest BCUT2D eigenvalue weighted by atomic mass is 9.95. The fourth-order valence-electron chi connectivity index (χ4n) is 3.63. The van der Waals surface area contributed by atoms with Gasteiger partial charge in [-0.2, -0.15) is 0 Å². The van der Waals surface area contributed by atoms with Crippen LogP contribution in [0.5, 0.6) is 0 Å². The highest BCUT2D eigenvalue weighted by Crippen LogP contribution is 2.18. The van der Waals surface area contributed by atoms with Gasteiger partial charge in [-0.3, -0.25) is 9.59 Å². The van der Waals surface area contributed by atoms with Crippen LogP contribution in [-0.2, 0) is 9.59 Å². The zero-order chi connectivity index (χ0) is 20.2.